The van der Waals surface area contributed by atoms with Crippen LogP contribution < -0.4 is 5.32 Å². The Morgan fingerprint density at radius 2 is 1.77 bits per heavy atom. The van der Waals surface area contributed by atoms with Crippen molar-refractivity contribution in [3.05, 3.63) is 95.0 Å². The first-order valence-corrected chi connectivity index (χ1v) is 12.1. The second-order valence-electron chi connectivity index (χ2n) is 9.38. The number of benzene rings is 3. The van der Waals surface area contributed by atoms with Gasteiger partial charge >= 0.3 is 0 Å². The summed E-state index contributed by atoms with van der Waals surface area (Å²) in [5, 5.41) is 12.3. The monoisotopic (exact) mass is 486 g/mol. The predicted molar refractivity (Wildman–Crippen MR) is 137 cm³/mol. The van der Waals surface area contributed by atoms with Crippen LogP contribution in [0, 0.1) is 11.3 Å². The lowest BCUT2D eigenvalue weighted by Gasteiger charge is -2.24. The van der Waals surface area contributed by atoms with Crippen molar-refractivity contribution in [3.63, 3.8) is 0 Å². The molecule has 2 atom stereocenters. The summed E-state index contributed by atoms with van der Waals surface area (Å²) in [5.41, 5.74) is 2.35. The van der Waals surface area contributed by atoms with Crippen LogP contribution in [0.25, 0.3) is 11.1 Å². The van der Waals surface area contributed by atoms with Gasteiger partial charge in [-0.1, -0.05) is 60.1 Å². The third-order valence-electron chi connectivity index (χ3n) is 6.94. The first kappa shape index (κ1) is 23.1. The third-order valence-corrected chi connectivity index (χ3v) is 7.18. The van der Waals surface area contributed by atoms with Crippen molar-refractivity contribution in [1.82, 2.24) is 15.1 Å². The van der Waals surface area contributed by atoms with Crippen molar-refractivity contribution in [2.45, 2.75) is 18.9 Å². The highest BCUT2D eigenvalue weighted by molar-refractivity contribution is 6.30. The van der Waals surface area contributed by atoms with Crippen LogP contribution in [0.1, 0.15) is 29.3 Å². The van der Waals surface area contributed by atoms with Crippen LogP contribution in [-0.4, -0.2) is 47.2 Å². The van der Waals surface area contributed by atoms with Crippen LogP contribution in [0.5, 0.6) is 0 Å². The van der Waals surface area contributed by atoms with E-state index < -0.39 is 5.54 Å². The summed E-state index contributed by atoms with van der Waals surface area (Å²) in [6.07, 6.45) is 0.802. The lowest BCUT2D eigenvalue weighted by Crippen LogP contribution is -2.41. The van der Waals surface area contributed by atoms with E-state index >= 15 is 0 Å². The summed E-state index contributed by atoms with van der Waals surface area (Å²) in [6, 6.07) is 24.6. The highest BCUT2D eigenvalue weighted by atomic mass is 35.5. The van der Waals surface area contributed by atoms with Gasteiger partial charge in [-0.2, -0.15) is 0 Å². The molecule has 3 aromatic carbocycles. The third kappa shape index (κ3) is 4.42. The van der Waals surface area contributed by atoms with Crippen molar-refractivity contribution in [2.75, 3.05) is 19.6 Å². The highest BCUT2D eigenvalue weighted by Gasteiger charge is 2.48. The Morgan fingerprint density at radius 3 is 2.51 bits per heavy atom. The minimum Gasteiger partial charge on any atom is -0.338 e. The topological polar surface area (TPSA) is 76.5 Å². The summed E-state index contributed by atoms with van der Waals surface area (Å²) < 4.78 is 0. The lowest BCUT2D eigenvalue weighted by atomic mass is 9.89. The fraction of sp³-hybridized carbons (Fsp3) is 0.250. The summed E-state index contributed by atoms with van der Waals surface area (Å²) in [7, 11) is 0. The number of likely N-dealkylation sites (tertiary alicyclic amines) is 1. The second kappa shape index (κ2) is 9.19. The normalized spacial score (nSPS) is 21.9. The maximum absolute atomic E-state index is 13.6. The maximum Gasteiger partial charge on any atom is 0.259 e. The molecule has 0 aliphatic carbocycles. The molecule has 2 N–H and O–H groups in total. The van der Waals surface area contributed by atoms with Crippen molar-refractivity contribution >= 4 is 29.4 Å². The molecule has 2 unspecified atom stereocenters. The fourth-order valence-electron chi connectivity index (χ4n) is 4.96. The van der Waals surface area contributed by atoms with Gasteiger partial charge in [0.05, 0.1) is 0 Å². The van der Waals surface area contributed by atoms with E-state index in [0.29, 0.717) is 30.2 Å². The first-order chi connectivity index (χ1) is 16.8. The minimum atomic E-state index is -1.04. The zero-order valence-corrected chi connectivity index (χ0v) is 20.3. The number of halogens is 1. The van der Waals surface area contributed by atoms with Gasteiger partial charge in [-0.15, -0.1) is 0 Å². The average molecular weight is 487 g/mol. The molecule has 2 saturated heterocycles. The zero-order chi connectivity index (χ0) is 24.6. The number of amides is 2. The van der Waals surface area contributed by atoms with Gasteiger partial charge in [0.2, 0.25) is 0 Å². The van der Waals surface area contributed by atoms with E-state index in [-0.39, 0.29) is 23.7 Å². The second-order valence-corrected chi connectivity index (χ2v) is 9.81. The molecule has 0 radical (unpaired) electrons. The molecular weight excluding hydrogens is 460 g/mol. The van der Waals surface area contributed by atoms with E-state index in [4.69, 9.17) is 17.0 Å². The molecule has 3 aromatic rings. The molecule has 7 heteroatoms. The van der Waals surface area contributed by atoms with E-state index in [1.807, 2.05) is 90.7 Å². The summed E-state index contributed by atoms with van der Waals surface area (Å²) in [6.45, 7) is 3.46. The largest absolute Gasteiger partial charge is 0.338 e. The molecule has 6 nitrogen and oxygen atoms in total. The Morgan fingerprint density at radius 1 is 1.06 bits per heavy atom. The Kier molecular flexibility index (Phi) is 6.07. The van der Waals surface area contributed by atoms with Crippen molar-refractivity contribution in [1.29, 1.82) is 5.41 Å². The van der Waals surface area contributed by atoms with Crippen molar-refractivity contribution in [3.8, 4) is 11.1 Å². The summed E-state index contributed by atoms with van der Waals surface area (Å²) in [5.74, 6) is 0.0719. The quantitative estimate of drug-likeness (QED) is 0.546. The van der Waals surface area contributed by atoms with E-state index in [1.54, 1.807) is 0 Å². The van der Waals surface area contributed by atoms with E-state index in [1.165, 1.54) is 4.90 Å². The Bertz CT molecular complexity index is 1290. The molecule has 0 saturated carbocycles. The van der Waals surface area contributed by atoms with E-state index in [9.17, 15) is 9.59 Å². The number of guanidine groups is 1. The van der Waals surface area contributed by atoms with Gasteiger partial charge in [0.15, 0.2) is 5.96 Å². The molecule has 35 heavy (non-hydrogen) atoms. The number of carbonyl (C=O) groups is 2. The maximum atomic E-state index is 13.6. The molecule has 0 bridgehead atoms. The van der Waals surface area contributed by atoms with Crippen LogP contribution in [0.4, 0.5) is 0 Å². The van der Waals surface area contributed by atoms with Crippen LogP contribution in [0.2, 0.25) is 5.02 Å². The zero-order valence-electron chi connectivity index (χ0n) is 19.5. The summed E-state index contributed by atoms with van der Waals surface area (Å²) >= 11 is 6.17. The first-order valence-electron chi connectivity index (χ1n) is 11.7. The summed E-state index contributed by atoms with van der Waals surface area (Å²) in [4.78, 5) is 29.7. The molecule has 2 fully saturated rings. The Labute approximate surface area is 210 Å². The number of hydrogen-bond donors (Lipinski definition) is 2. The standard InChI is InChI=1S/C28H27ClN4O2/c1-28(23-11-5-9-21(15-23)22-10-6-12-24(29)16-22)26(35)33(27(30)31-28)18-19-13-14-32(17-19)25(34)20-7-3-2-4-8-20/h2-12,15-16,19H,13-14,17-18H2,1H3,(H2,30,31). The molecule has 2 aliphatic rings. The smallest absolute Gasteiger partial charge is 0.259 e. The molecule has 2 amide bonds. The van der Waals surface area contributed by atoms with Gasteiger partial charge < -0.3 is 10.2 Å². The van der Waals surface area contributed by atoms with E-state index in [0.717, 1.165) is 23.1 Å². The van der Waals surface area contributed by atoms with Gasteiger partial charge in [0.25, 0.3) is 11.8 Å². The average Bonchev–Trinajstić information content (AvgIpc) is 3.43. The van der Waals surface area contributed by atoms with E-state index in [2.05, 4.69) is 5.32 Å². The minimum absolute atomic E-state index is 0.0109. The molecule has 2 aliphatic heterocycles. The van der Waals surface area contributed by atoms with Gasteiger partial charge in [0.1, 0.15) is 5.54 Å². The number of carbonyl (C=O) groups excluding carboxylic acids is 2. The van der Waals surface area contributed by atoms with Crippen LogP contribution >= 0.6 is 11.6 Å². The molecule has 0 aromatic heterocycles. The molecule has 2 heterocycles. The highest BCUT2D eigenvalue weighted by Crippen LogP contribution is 2.33. The van der Waals surface area contributed by atoms with Crippen LogP contribution in [0.3, 0.4) is 0 Å². The number of rotatable bonds is 5. The number of hydrogen-bond acceptors (Lipinski definition) is 3. The van der Waals surface area contributed by atoms with Gasteiger partial charge in [-0.05, 0) is 66.3 Å². The SMILES string of the molecule is CC1(c2cccc(-c3cccc(Cl)c3)c2)NC(=N)N(CC2CCN(C(=O)c3ccccc3)C2)C1=O. The molecular formula is C28H27ClN4O2. The Hall–Kier alpha value is -3.64. The van der Waals surface area contributed by atoms with Crippen LogP contribution in [0.15, 0.2) is 78.9 Å². The fourth-order valence-corrected chi connectivity index (χ4v) is 5.15. The van der Waals surface area contributed by atoms with Crippen molar-refractivity contribution in [2.24, 2.45) is 5.92 Å². The van der Waals surface area contributed by atoms with Gasteiger partial charge in [-0.25, -0.2) is 0 Å². The molecule has 0 spiro atoms. The predicted octanol–water partition coefficient (Wildman–Crippen LogP) is 4.75. The number of nitrogens with zero attached hydrogens (tertiary/aromatic N) is 2. The Balaban J connectivity index is 1.31. The number of nitrogens with one attached hydrogen (secondary N) is 2. The van der Waals surface area contributed by atoms with Gasteiger partial charge in [0, 0.05) is 30.2 Å². The lowest BCUT2D eigenvalue weighted by molar-refractivity contribution is -0.131. The van der Waals surface area contributed by atoms with Gasteiger partial charge in [-0.3, -0.25) is 19.9 Å². The molecule has 5 rings (SSSR count). The molecule has 178 valence electrons. The van der Waals surface area contributed by atoms with Crippen LogP contribution in [-0.2, 0) is 10.3 Å². The van der Waals surface area contributed by atoms with Crippen molar-refractivity contribution < 1.29 is 9.59 Å².